The molecule has 2 aromatic heterocycles. The monoisotopic (exact) mass is 535 g/mol. The van der Waals surface area contributed by atoms with Crippen LogP contribution in [0.4, 0.5) is 0 Å². The standard InChI is InChI=1S/C18H29N7O2S.HI/c1-3-14-28(26,27)24-12-8-15(9-13-24)21-18(19-2)20-10-7-17-23-22-16-6-4-5-11-25(16)17;/h4-6,11,15H,3,7-10,12-14H2,1-2H3,(H2,19,20,21);1H. The summed E-state index contributed by atoms with van der Waals surface area (Å²) in [6.45, 7) is 3.69. The molecule has 0 bridgehead atoms. The number of nitrogens with zero attached hydrogens (tertiary/aromatic N) is 5. The van der Waals surface area contributed by atoms with Gasteiger partial charge in [-0.25, -0.2) is 12.7 Å². The number of aromatic nitrogens is 3. The van der Waals surface area contributed by atoms with Crippen molar-refractivity contribution in [3.8, 4) is 0 Å². The molecule has 0 atom stereocenters. The molecule has 3 rings (SSSR count). The normalized spacial score (nSPS) is 16.6. The number of nitrogens with one attached hydrogen (secondary N) is 2. The minimum Gasteiger partial charge on any atom is -0.356 e. The van der Waals surface area contributed by atoms with Gasteiger partial charge in [-0.2, -0.15) is 0 Å². The predicted molar refractivity (Wildman–Crippen MR) is 125 cm³/mol. The Morgan fingerprint density at radius 1 is 1.28 bits per heavy atom. The molecule has 29 heavy (non-hydrogen) atoms. The zero-order valence-corrected chi connectivity index (χ0v) is 20.1. The number of pyridine rings is 1. The molecular weight excluding hydrogens is 505 g/mol. The van der Waals surface area contributed by atoms with E-state index < -0.39 is 10.0 Å². The largest absolute Gasteiger partial charge is 0.356 e. The summed E-state index contributed by atoms with van der Waals surface area (Å²) in [6.07, 6.45) is 4.88. The Morgan fingerprint density at radius 3 is 2.72 bits per heavy atom. The van der Waals surface area contributed by atoms with Crippen LogP contribution in [-0.2, 0) is 16.4 Å². The molecule has 3 heterocycles. The minimum absolute atomic E-state index is 0. The topological polar surface area (TPSA) is 104 Å². The first-order valence-electron chi connectivity index (χ1n) is 9.77. The molecule has 9 nitrogen and oxygen atoms in total. The number of fused-ring (bicyclic) bond motifs is 1. The second-order valence-corrected chi connectivity index (χ2v) is 9.02. The van der Waals surface area contributed by atoms with E-state index >= 15 is 0 Å². The molecule has 2 N–H and O–H groups in total. The number of guanidine groups is 1. The minimum atomic E-state index is -3.10. The van der Waals surface area contributed by atoms with Crippen molar-refractivity contribution >= 4 is 45.6 Å². The molecule has 1 aliphatic heterocycles. The second-order valence-electron chi connectivity index (χ2n) is 6.93. The molecule has 0 unspecified atom stereocenters. The van der Waals surface area contributed by atoms with E-state index in [0.29, 0.717) is 26.1 Å². The van der Waals surface area contributed by atoms with E-state index in [2.05, 4.69) is 25.8 Å². The van der Waals surface area contributed by atoms with Gasteiger partial charge in [0.05, 0.1) is 5.75 Å². The molecule has 1 fully saturated rings. The highest BCUT2D eigenvalue weighted by Crippen LogP contribution is 2.15. The SMILES string of the molecule is CCCS(=O)(=O)N1CCC(NC(=NC)NCCc2nnc3ccccn23)CC1.I. The molecule has 0 spiro atoms. The number of hydrogen-bond acceptors (Lipinski definition) is 5. The van der Waals surface area contributed by atoms with Gasteiger partial charge in [0.15, 0.2) is 11.6 Å². The average Bonchev–Trinajstić information content (AvgIpc) is 3.11. The lowest BCUT2D eigenvalue weighted by atomic mass is 10.1. The molecule has 1 saturated heterocycles. The van der Waals surface area contributed by atoms with Gasteiger partial charge in [0, 0.05) is 45.3 Å². The van der Waals surface area contributed by atoms with Crippen molar-refractivity contribution in [3.63, 3.8) is 0 Å². The predicted octanol–water partition coefficient (Wildman–Crippen LogP) is 1.26. The highest BCUT2D eigenvalue weighted by molar-refractivity contribution is 14.0. The Morgan fingerprint density at radius 2 is 2.03 bits per heavy atom. The second kappa shape index (κ2) is 11.1. The molecule has 2 aromatic rings. The Labute approximate surface area is 189 Å². The van der Waals surface area contributed by atoms with Crippen LogP contribution in [0.5, 0.6) is 0 Å². The Bertz CT molecular complexity index is 908. The number of sulfonamides is 1. The summed E-state index contributed by atoms with van der Waals surface area (Å²) in [7, 11) is -1.36. The summed E-state index contributed by atoms with van der Waals surface area (Å²) in [5.74, 6) is 1.85. The van der Waals surface area contributed by atoms with E-state index in [-0.39, 0.29) is 35.8 Å². The summed E-state index contributed by atoms with van der Waals surface area (Å²) >= 11 is 0. The highest BCUT2D eigenvalue weighted by atomic mass is 127. The average molecular weight is 535 g/mol. The molecule has 0 saturated carbocycles. The summed E-state index contributed by atoms with van der Waals surface area (Å²) in [5, 5.41) is 15.1. The van der Waals surface area contributed by atoms with E-state index in [1.165, 1.54) is 0 Å². The van der Waals surface area contributed by atoms with Crippen LogP contribution in [0.25, 0.3) is 5.65 Å². The summed E-state index contributed by atoms with van der Waals surface area (Å²) in [6, 6.07) is 6.04. The number of halogens is 1. The van der Waals surface area contributed by atoms with E-state index in [9.17, 15) is 8.42 Å². The van der Waals surface area contributed by atoms with Crippen molar-refractivity contribution in [2.75, 3.05) is 32.4 Å². The first-order chi connectivity index (χ1) is 13.5. The molecular formula is C18H30IN7O2S. The van der Waals surface area contributed by atoms with Crippen LogP contribution in [0.2, 0.25) is 0 Å². The molecule has 0 radical (unpaired) electrons. The lowest BCUT2D eigenvalue weighted by Gasteiger charge is -2.32. The fourth-order valence-corrected chi connectivity index (χ4v) is 4.95. The van der Waals surface area contributed by atoms with Gasteiger partial charge in [-0.1, -0.05) is 13.0 Å². The number of rotatable bonds is 7. The van der Waals surface area contributed by atoms with Gasteiger partial charge < -0.3 is 10.6 Å². The third-order valence-electron chi connectivity index (χ3n) is 4.90. The van der Waals surface area contributed by atoms with Gasteiger partial charge in [0.25, 0.3) is 0 Å². The molecule has 0 aliphatic carbocycles. The van der Waals surface area contributed by atoms with Gasteiger partial charge >= 0.3 is 0 Å². The fourth-order valence-electron chi connectivity index (χ4n) is 3.41. The Balaban J connectivity index is 0.00000300. The highest BCUT2D eigenvalue weighted by Gasteiger charge is 2.27. The van der Waals surface area contributed by atoms with Crippen LogP contribution in [0.1, 0.15) is 32.0 Å². The number of hydrogen-bond donors (Lipinski definition) is 2. The van der Waals surface area contributed by atoms with E-state index in [1.54, 1.807) is 11.4 Å². The van der Waals surface area contributed by atoms with Crippen LogP contribution < -0.4 is 10.6 Å². The van der Waals surface area contributed by atoms with Crippen LogP contribution in [0.3, 0.4) is 0 Å². The van der Waals surface area contributed by atoms with Crippen LogP contribution in [0, 0.1) is 0 Å². The van der Waals surface area contributed by atoms with Crippen molar-refractivity contribution in [1.82, 2.24) is 29.5 Å². The summed E-state index contributed by atoms with van der Waals surface area (Å²) in [5.41, 5.74) is 0.838. The van der Waals surface area contributed by atoms with E-state index in [1.807, 2.05) is 35.7 Å². The molecule has 0 aromatic carbocycles. The zero-order valence-electron chi connectivity index (χ0n) is 16.9. The quantitative estimate of drug-likeness (QED) is 0.315. The molecule has 0 amide bonds. The number of aliphatic imine (C=N–C) groups is 1. The first kappa shape index (κ1) is 23.8. The third-order valence-corrected chi connectivity index (χ3v) is 6.98. The van der Waals surface area contributed by atoms with Crippen molar-refractivity contribution < 1.29 is 8.42 Å². The third kappa shape index (κ3) is 6.25. The van der Waals surface area contributed by atoms with Gasteiger partial charge in [0.2, 0.25) is 10.0 Å². The maximum atomic E-state index is 12.2. The first-order valence-corrected chi connectivity index (χ1v) is 11.4. The summed E-state index contributed by atoms with van der Waals surface area (Å²) < 4.78 is 27.9. The van der Waals surface area contributed by atoms with Crippen molar-refractivity contribution in [3.05, 3.63) is 30.2 Å². The van der Waals surface area contributed by atoms with Gasteiger partial charge in [-0.05, 0) is 31.4 Å². The Kier molecular flexibility index (Phi) is 9.08. The van der Waals surface area contributed by atoms with E-state index in [4.69, 9.17) is 0 Å². The fraction of sp³-hybridized carbons (Fsp3) is 0.611. The van der Waals surface area contributed by atoms with Crippen molar-refractivity contribution in [2.24, 2.45) is 4.99 Å². The lowest BCUT2D eigenvalue weighted by molar-refractivity contribution is 0.306. The Hall–Kier alpha value is -1.47. The van der Waals surface area contributed by atoms with Crippen molar-refractivity contribution in [1.29, 1.82) is 0 Å². The smallest absolute Gasteiger partial charge is 0.214 e. The van der Waals surface area contributed by atoms with Crippen LogP contribution in [-0.4, -0.2) is 71.8 Å². The van der Waals surface area contributed by atoms with Crippen LogP contribution >= 0.6 is 24.0 Å². The van der Waals surface area contributed by atoms with Gasteiger partial charge in [-0.15, -0.1) is 34.2 Å². The van der Waals surface area contributed by atoms with E-state index in [0.717, 1.165) is 36.7 Å². The molecule has 11 heteroatoms. The van der Waals surface area contributed by atoms with Gasteiger partial charge in [-0.3, -0.25) is 9.39 Å². The molecule has 162 valence electrons. The maximum absolute atomic E-state index is 12.2. The van der Waals surface area contributed by atoms with Crippen LogP contribution in [0.15, 0.2) is 29.4 Å². The molecule has 1 aliphatic rings. The summed E-state index contributed by atoms with van der Waals surface area (Å²) in [4.78, 5) is 4.28. The zero-order chi connectivity index (χ0) is 20.0. The van der Waals surface area contributed by atoms with Crippen molar-refractivity contribution in [2.45, 2.75) is 38.6 Å². The lowest BCUT2D eigenvalue weighted by Crippen LogP contribution is -2.50. The number of piperidine rings is 1. The maximum Gasteiger partial charge on any atom is 0.214 e. The van der Waals surface area contributed by atoms with Gasteiger partial charge in [0.1, 0.15) is 5.82 Å².